The minimum Gasteiger partial charge on any atom is -0.451 e. The van der Waals surface area contributed by atoms with E-state index in [9.17, 15) is 14.9 Å². The van der Waals surface area contributed by atoms with Gasteiger partial charge in [-0.2, -0.15) is 0 Å². The van der Waals surface area contributed by atoms with Crippen LogP contribution < -0.4 is 5.32 Å². The molecule has 148 valence electrons. The molecule has 0 unspecified atom stereocenters. The van der Waals surface area contributed by atoms with E-state index in [-0.39, 0.29) is 11.4 Å². The summed E-state index contributed by atoms with van der Waals surface area (Å²) in [6.45, 7) is 0. The Kier molecular flexibility index (Phi) is 5.34. The van der Waals surface area contributed by atoms with Crippen molar-refractivity contribution in [3.8, 4) is 11.3 Å². The van der Waals surface area contributed by atoms with E-state index in [1.807, 2.05) is 36.4 Å². The molecule has 0 bridgehead atoms. The molecule has 30 heavy (non-hydrogen) atoms. The summed E-state index contributed by atoms with van der Waals surface area (Å²) in [5.41, 5.74) is 3.15. The van der Waals surface area contributed by atoms with Gasteiger partial charge in [-0.05, 0) is 35.7 Å². The van der Waals surface area contributed by atoms with Crippen LogP contribution in [0.25, 0.3) is 11.3 Å². The van der Waals surface area contributed by atoms with E-state index < -0.39 is 10.8 Å². The van der Waals surface area contributed by atoms with E-state index in [1.54, 1.807) is 30.6 Å². The second-order valence-electron chi connectivity index (χ2n) is 6.67. The first-order chi connectivity index (χ1) is 14.6. The molecule has 2 aromatic carbocycles. The van der Waals surface area contributed by atoms with Crippen molar-refractivity contribution < 1.29 is 14.1 Å². The molecular weight excluding hydrogens is 382 g/mol. The lowest BCUT2D eigenvalue weighted by Crippen LogP contribution is -2.11. The molecule has 0 saturated carbocycles. The van der Waals surface area contributed by atoms with E-state index in [4.69, 9.17) is 4.42 Å². The highest BCUT2D eigenvalue weighted by Gasteiger charge is 2.15. The second kappa shape index (κ2) is 8.40. The van der Waals surface area contributed by atoms with E-state index in [1.165, 1.54) is 18.2 Å². The predicted molar refractivity (Wildman–Crippen MR) is 112 cm³/mol. The summed E-state index contributed by atoms with van der Waals surface area (Å²) >= 11 is 0. The molecule has 0 fully saturated rings. The minimum absolute atomic E-state index is 0.0452. The number of benzene rings is 2. The van der Waals surface area contributed by atoms with Gasteiger partial charge in [0.25, 0.3) is 11.6 Å². The number of non-ortho nitro benzene ring substituents is 1. The Bertz CT molecular complexity index is 1200. The fraction of sp³-hybridized carbons (Fsp3) is 0.0435. The van der Waals surface area contributed by atoms with Gasteiger partial charge >= 0.3 is 0 Å². The molecule has 7 heteroatoms. The van der Waals surface area contributed by atoms with Gasteiger partial charge in [-0.1, -0.05) is 42.5 Å². The number of furan rings is 1. The number of rotatable bonds is 6. The zero-order chi connectivity index (χ0) is 20.9. The van der Waals surface area contributed by atoms with Crippen LogP contribution in [0.2, 0.25) is 0 Å². The summed E-state index contributed by atoms with van der Waals surface area (Å²) in [4.78, 5) is 27.2. The summed E-state index contributed by atoms with van der Waals surface area (Å²) in [5, 5.41) is 13.7. The molecule has 0 saturated heterocycles. The van der Waals surface area contributed by atoms with Crippen LogP contribution in [0.15, 0.2) is 89.6 Å². The third kappa shape index (κ3) is 4.41. The summed E-state index contributed by atoms with van der Waals surface area (Å²) in [5.74, 6) is 0.0510. The van der Waals surface area contributed by atoms with Gasteiger partial charge in [0.1, 0.15) is 5.76 Å². The topological polar surface area (TPSA) is 98.3 Å². The Hall–Kier alpha value is -4.26. The number of hydrogen-bond acceptors (Lipinski definition) is 5. The Morgan fingerprint density at radius 1 is 0.967 bits per heavy atom. The molecule has 0 aliphatic rings. The Morgan fingerprint density at radius 2 is 1.80 bits per heavy atom. The molecule has 0 spiro atoms. The largest absolute Gasteiger partial charge is 0.451 e. The van der Waals surface area contributed by atoms with Gasteiger partial charge in [0, 0.05) is 23.9 Å². The number of carbonyl (C=O) groups is 1. The lowest BCUT2D eigenvalue weighted by atomic mass is 10.1. The Morgan fingerprint density at radius 3 is 2.60 bits per heavy atom. The average molecular weight is 399 g/mol. The number of anilines is 1. The highest BCUT2D eigenvalue weighted by molar-refractivity contribution is 6.02. The fourth-order valence-electron chi connectivity index (χ4n) is 3.06. The molecule has 1 amide bonds. The standard InChI is InChI=1S/C23H17N3O4/c27-23(22-10-9-21(30-22)18-7-4-8-20(13-18)26(28)29)25-19-12-17(14-24-15-19)11-16-5-2-1-3-6-16/h1-10,12-15H,11H2,(H,25,27). The first kappa shape index (κ1) is 19.1. The molecule has 0 aliphatic heterocycles. The first-order valence-corrected chi connectivity index (χ1v) is 9.22. The van der Waals surface area contributed by atoms with Crippen molar-refractivity contribution in [2.75, 3.05) is 5.32 Å². The summed E-state index contributed by atoms with van der Waals surface area (Å²) in [6.07, 6.45) is 4.03. The Balaban J connectivity index is 1.48. The van der Waals surface area contributed by atoms with Crippen molar-refractivity contribution in [2.45, 2.75) is 6.42 Å². The SMILES string of the molecule is O=C(Nc1cncc(Cc2ccccc2)c1)c1ccc(-c2cccc([N+](=O)[O-])c2)o1. The van der Waals surface area contributed by atoms with Gasteiger partial charge in [0.15, 0.2) is 5.76 Å². The molecule has 2 aromatic heterocycles. The van der Waals surface area contributed by atoms with Crippen LogP contribution in [0, 0.1) is 10.1 Å². The van der Waals surface area contributed by atoms with Crippen molar-refractivity contribution in [1.29, 1.82) is 0 Å². The molecule has 1 N–H and O–H groups in total. The van der Waals surface area contributed by atoms with Crippen molar-refractivity contribution in [3.63, 3.8) is 0 Å². The molecule has 2 heterocycles. The van der Waals surface area contributed by atoms with Gasteiger partial charge in [-0.25, -0.2) is 0 Å². The molecule has 4 rings (SSSR count). The monoisotopic (exact) mass is 399 g/mol. The smallest absolute Gasteiger partial charge is 0.291 e. The predicted octanol–water partition coefficient (Wildman–Crippen LogP) is 5.09. The van der Waals surface area contributed by atoms with Crippen LogP contribution in [-0.4, -0.2) is 15.8 Å². The maximum absolute atomic E-state index is 12.6. The highest BCUT2D eigenvalue weighted by atomic mass is 16.6. The van der Waals surface area contributed by atoms with Gasteiger partial charge in [0.2, 0.25) is 0 Å². The van der Waals surface area contributed by atoms with Gasteiger partial charge < -0.3 is 9.73 Å². The van der Waals surface area contributed by atoms with E-state index in [0.29, 0.717) is 23.4 Å². The molecule has 0 atom stereocenters. The zero-order valence-corrected chi connectivity index (χ0v) is 15.8. The molecule has 7 nitrogen and oxygen atoms in total. The van der Waals surface area contributed by atoms with Crippen LogP contribution >= 0.6 is 0 Å². The molecule has 0 aliphatic carbocycles. The summed E-state index contributed by atoms with van der Waals surface area (Å²) in [7, 11) is 0. The van der Waals surface area contributed by atoms with Crippen molar-refractivity contribution in [1.82, 2.24) is 4.98 Å². The van der Waals surface area contributed by atoms with Crippen LogP contribution in [0.5, 0.6) is 0 Å². The number of carbonyl (C=O) groups excluding carboxylic acids is 1. The lowest BCUT2D eigenvalue weighted by Gasteiger charge is -2.06. The van der Waals surface area contributed by atoms with Crippen LogP contribution in [0.1, 0.15) is 21.7 Å². The number of amides is 1. The first-order valence-electron chi connectivity index (χ1n) is 9.22. The number of hydrogen-bond donors (Lipinski definition) is 1. The van der Waals surface area contributed by atoms with Gasteiger partial charge in [-0.3, -0.25) is 19.9 Å². The normalized spacial score (nSPS) is 10.5. The average Bonchev–Trinajstić information content (AvgIpc) is 3.25. The zero-order valence-electron chi connectivity index (χ0n) is 15.8. The van der Waals surface area contributed by atoms with Crippen LogP contribution in [0.4, 0.5) is 11.4 Å². The maximum Gasteiger partial charge on any atom is 0.291 e. The van der Waals surface area contributed by atoms with Crippen molar-refractivity contribution in [3.05, 3.63) is 112 Å². The fourth-order valence-corrected chi connectivity index (χ4v) is 3.06. The maximum atomic E-state index is 12.6. The van der Waals surface area contributed by atoms with Crippen LogP contribution in [0.3, 0.4) is 0 Å². The van der Waals surface area contributed by atoms with Crippen molar-refractivity contribution in [2.24, 2.45) is 0 Å². The van der Waals surface area contributed by atoms with Gasteiger partial charge in [-0.15, -0.1) is 0 Å². The minimum atomic E-state index is -0.477. The Labute approximate surface area is 172 Å². The number of nitro groups is 1. The van der Waals surface area contributed by atoms with E-state index >= 15 is 0 Å². The quantitative estimate of drug-likeness (QED) is 0.360. The summed E-state index contributed by atoms with van der Waals surface area (Å²) < 4.78 is 5.61. The number of pyridine rings is 1. The lowest BCUT2D eigenvalue weighted by molar-refractivity contribution is -0.384. The van der Waals surface area contributed by atoms with E-state index in [2.05, 4.69) is 10.3 Å². The highest BCUT2D eigenvalue weighted by Crippen LogP contribution is 2.26. The van der Waals surface area contributed by atoms with E-state index in [0.717, 1.165) is 11.1 Å². The number of nitrogens with zero attached hydrogens (tertiary/aromatic N) is 2. The molecule has 0 radical (unpaired) electrons. The van der Waals surface area contributed by atoms with Crippen molar-refractivity contribution >= 4 is 17.3 Å². The molecule has 4 aromatic rings. The van der Waals surface area contributed by atoms with Crippen LogP contribution in [-0.2, 0) is 6.42 Å². The number of aromatic nitrogens is 1. The third-order valence-electron chi connectivity index (χ3n) is 4.48. The summed E-state index contributed by atoms with van der Waals surface area (Å²) in [6, 6.07) is 21.0. The second-order valence-corrected chi connectivity index (χ2v) is 6.67. The third-order valence-corrected chi connectivity index (χ3v) is 4.48. The van der Waals surface area contributed by atoms with Gasteiger partial charge in [0.05, 0.1) is 16.8 Å². The molecular formula is C23H17N3O4. The number of nitro benzene ring substituents is 1. The number of nitrogens with one attached hydrogen (secondary N) is 1.